The van der Waals surface area contributed by atoms with E-state index in [-0.39, 0.29) is 41.7 Å². The summed E-state index contributed by atoms with van der Waals surface area (Å²) in [5, 5.41) is 16.1. The number of carboxylic acids is 1. The number of alkyl halides is 3. The third-order valence-electron chi connectivity index (χ3n) is 4.33. The molecule has 1 aromatic rings. The van der Waals surface area contributed by atoms with Gasteiger partial charge in [0.2, 0.25) is 0 Å². The van der Waals surface area contributed by atoms with Gasteiger partial charge in [0, 0.05) is 25.6 Å². The van der Waals surface area contributed by atoms with Crippen molar-refractivity contribution in [3.05, 3.63) is 23.8 Å². The van der Waals surface area contributed by atoms with Crippen molar-refractivity contribution in [1.29, 1.82) is 0 Å². The van der Waals surface area contributed by atoms with Crippen molar-refractivity contribution in [2.24, 2.45) is 0 Å². The number of ether oxygens (including phenoxy) is 2. The van der Waals surface area contributed by atoms with E-state index in [2.05, 4.69) is 16.0 Å². The SMILES string of the molecule is CC(=O)O.CC(C)NC(=O)COc1ccc(OCC(F)(F)F)c(C(=O)NCC2CCCCN2)c1. The minimum atomic E-state index is -4.54. The summed E-state index contributed by atoms with van der Waals surface area (Å²) < 4.78 is 47.8. The molecule has 1 atom stereocenters. The van der Waals surface area contributed by atoms with Gasteiger partial charge in [-0.2, -0.15) is 13.2 Å². The van der Waals surface area contributed by atoms with Gasteiger partial charge in [0.25, 0.3) is 17.8 Å². The van der Waals surface area contributed by atoms with E-state index in [0.717, 1.165) is 32.7 Å². The summed E-state index contributed by atoms with van der Waals surface area (Å²) >= 11 is 0. The average molecular weight is 492 g/mol. The number of carbonyl (C=O) groups is 3. The Kier molecular flexibility index (Phi) is 12.2. The molecular formula is C22H32F3N3O6. The first-order chi connectivity index (χ1) is 15.9. The molecule has 12 heteroatoms. The molecule has 0 aliphatic carbocycles. The number of rotatable bonds is 9. The zero-order valence-electron chi connectivity index (χ0n) is 19.5. The van der Waals surface area contributed by atoms with Crippen molar-refractivity contribution in [3.63, 3.8) is 0 Å². The molecule has 1 unspecified atom stereocenters. The molecule has 2 rings (SSSR count). The molecule has 1 heterocycles. The third kappa shape index (κ3) is 12.9. The van der Waals surface area contributed by atoms with E-state index in [9.17, 15) is 22.8 Å². The lowest BCUT2D eigenvalue weighted by Gasteiger charge is -2.24. The van der Waals surface area contributed by atoms with Crippen LogP contribution in [0.4, 0.5) is 13.2 Å². The van der Waals surface area contributed by atoms with Crippen LogP contribution >= 0.6 is 0 Å². The molecule has 0 bridgehead atoms. The fraction of sp³-hybridized carbons (Fsp3) is 0.591. The number of piperidine rings is 1. The minimum absolute atomic E-state index is 0.0611. The third-order valence-corrected chi connectivity index (χ3v) is 4.33. The van der Waals surface area contributed by atoms with Crippen LogP contribution in [0.15, 0.2) is 18.2 Å². The van der Waals surface area contributed by atoms with Gasteiger partial charge in [0.1, 0.15) is 11.5 Å². The number of hydrogen-bond donors (Lipinski definition) is 4. The Labute approximate surface area is 196 Å². The van der Waals surface area contributed by atoms with Crippen LogP contribution < -0.4 is 25.4 Å². The van der Waals surface area contributed by atoms with Crippen LogP contribution in [0.2, 0.25) is 0 Å². The van der Waals surface area contributed by atoms with Gasteiger partial charge in [0.15, 0.2) is 13.2 Å². The number of halogens is 3. The lowest BCUT2D eigenvalue weighted by atomic mass is 10.0. The van der Waals surface area contributed by atoms with Crippen LogP contribution in [0.25, 0.3) is 0 Å². The highest BCUT2D eigenvalue weighted by Gasteiger charge is 2.29. The number of nitrogens with one attached hydrogen (secondary N) is 3. The van der Waals surface area contributed by atoms with Gasteiger partial charge >= 0.3 is 6.18 Å². The van der Waals surface area contributed by atoms with E-state index < -0.39 is 24.7 Å². The molecule has 0 spiro atoms. The number of carboxylic acid groups (broad SMARTS) is 1. The molecular weight excluding hydrogens is 459 g/mol. The molecule has 0 aromatic heterocycles. The van der Waals surface area contributed by atoms with Crippen LogP contribution in [-0.2, 0) is 9.59 Å². The topological polar surface area (TPSA) is 126 Å². The van der Waals surface area contributed by atoms with E-state index in [1.165, 1.54) is 18.2 Å². The Bertz CT molecular complexity index is 808. The first kappa shape index (κ1) is 29.0. The maximum absolute atomic E-state index is 12.6. The zero-order valence-corrected chi connectivity index (χ0v) is 19.5. The summed E-state index contributed by atoms with van der Waals surface area (Å²) in [6.07, 6.45) is -1.51. The van der Waals surface area contributed by atoms with Crippen LogP contribution in [0, 0.1) is 0 Å². The average Bonchev–Trinajstić information content (AvgIpc) is 2.74. The molecule has 2 amide bonds. The lowest BCUT2D eigenvalue weighted by molar-refractivity contribution is -0.153. The number of hydrogen-bond acceptors (Lipinski definition) is 6. The number of benzene rings is 1. The Morgan fingerprint density at radius 1 is 1.21 bits per heavy atom. The summed E-state index contributed by atoms with van der Waals surface area (Å²) in [5.41, 5.74) is -0.0863. The normalized spacial score (nSPS) is 15.6. The molecule has 9 nitrogen and oxygen atoms in total. The van der Waals surface area contributed by atoms with Gasteiger partial charge in [0.05, 0.1) is 5.56 Å². The number of amides is 2. The minimum Gasteiger partial charge on any atom is -0.484 e. The summed E-state index contributed by atoms with van der Waals surface area (Å²) in [6, 6.07) is 3.91. The highest BCUT2D eigenvalue weighted by molar-refractivity contribution is 5.97. The second-order valence-electron chi connectivity index (χ2n) is 7.95. The maximum atomic E-state index is 12.6. The summed E-state index contributed by atoms with van der Waals surface area (Å²) in [4.78, 5) is 33.4. The van der Waals surface area contributed by atoms with E-state index in [4.69, 9.17) is 19.4 Å². The van der Waals surface area contributed by atoms with Crippen LogP contribution in [-0.4, -0.2) is 67.5 Å². The number of aliphatic carboxylic acids is 1. The second kappa shape index (κ2) is 14.3. The van der Waals surface area contributed by atoms with Crippen LogP contribution in [0.1, 0.15) is 50.4 Å². The molecule has 192 valence electrons. The van der Waals surface area contributed by atoms with Crippen molar-refractivity contribution < 1.29 is 42.1 Å². The zero-order chi connectivity index (χ0) is 25.7. The molecule has 1 fully saturated rings. The maximum Gasteiger partial charge on any atom is 0.422 e. The molecule has 0 saturated carbocycles. The predicted molar refractivity (Wildman–Crippen MR) is 118 cm³/mol. The van der Waals surface area contributed by atoms with Gasteiger partial charge in [-0.05, 0) is 51.4 Å². The molecule has 1 aliphatic rings. The van der Waals surface area contributed by atoms with E-state index in [1.807, 2.05) is 0 Å². The van der Waals surface area contributed by atoms with Gasteiger partial charge in [-0.25, -0.2) is 0 Å². The van der Waals surface area contributed by atoms with Crippen molar-refractivity contribution in [2.75, 3.05) is 26.3 Å². The quantitative estimate of drug-likeness (QED) is 0.418. The fourth-order valence-corrected chi connectivity index (χ4v) is 2.98. The van der Waals surface area contributed by atoms with E-state index >= 15 is 0 Å². The van der Waals surface area contributed by atoms with Gasteiger partial charge in [-0.3, -0.25) is 14.4 Å². The second-order valence-corrected chi connectivity index (χ2v) is 7.95. The monoisotopic (exact) mass is 491 g/mol. The molecule has 0 radical (unpaired) electrons. The molecule has 34 heavy (non-hydrogen) atoms. The van der Waals surface area contributed by atoms with Crippen molar-refractivity contribution in [3.8, 4) is 11.5 Å². The van der Waals surface area contributed by atoms with Gasteiger partial charge < -0.3 is 30.5 Å². The summed E-state index contributed by atoms with van der Waals surface area (Å²) in [5.74, 6) is -1.79. The molecule has 4 N–H and O–H groups in total. The van der Waals surface area contributed by atoms with Gasteiger partial charge in [-0.1, -0.05) is 6.42 Å². The number of carbonyl (C=O) groups excluding carboxylic acids is 2. The Morgan fingerprint density at radius 2 is 1.88 bits per heavy atom. The molecule has 1 aromatic carbocycles. The van der Waals surface area contributed by atoms with E-state index in [0.29, 0.717) is 6.54 Å². The standard InChI is InChI=1S/C20H28F3N3O4.C2H4O2/c1-13(2)26-18(27)11-29-15-6-7-17(30-12-20(21,22)23)16(9-15)19(28)25-10-14-5-3-4-8-24-14;1-2(3)4/h6-7,9,13-14,24H,3-5,8,10-12H2,1-2H3,(H,25,28)(H,26,27);1H3,(H,3,4). The van der Waals surface area contributed by atoms with E-state index in [1.54, 1.807) is 13.8 Å². The van der Waals surface area contributed by atoms with Crippen LogP contribution in [0.3, 0.4) is 0 Å². The fourth-order valence-electron chi connectivity index (χ4n) is 2.98. The molecule has 1 saturated heterocycles. The lowest BCUT2D eigenvalue weighted by Crippen LogP contribution is -2.43. The Balaban J connectivity index is 0.00000133. The summed E-state index contributed by atoms with van der Waals surface area (Å²) in [6.45, 7) is 4.09. The summed E-state index contributed by atoms with van der Waals surface area (Å²) in [7, 11) is 0. The first-order valence-electron chi connectivity index (χ1n) is 10.8. The van der Waals surface area contributed by atoms with Crippen molar-refractivity contribution in [2.45, 2.75) is 58.3 Å². The Morgan fingerprint density at radius 3 is 2.44 bits per heavy atom. The molecule has 1 aliphatic heterocycles. The largest absolute Gasteiger partial charge is 0.484 e. The predicted octanol–water partition coefficient (Wildman–Crippen LogP) is 2.49. The van der Waals surface area contributed by atoms with Crippen LogP contribution in [0.5, 0.6) is 11.5 Å². The smallest absolute Gasteiger partial charge is 0.422 e. The highest BCUT2D eigenvalue weighted by atomic mass is 19.4. The van der Waals surface area contributed by atoms with Gasteiger partial charge in [-0.15, -0.1) is 0 Å². The Hall–Kier alpha value is -3.02. The highest BCUT2D eigenvalue weighted by Crippen LogP contribution is 2.26. The van der Waals surface area contributed by atoms with Crippen molar-refractivity contribution >= 4 is 17.8 Å². The van der Waals surface area contributed by atoms with Crippen molar-refractivity contribution in [1.82, 2.24) is 16.0 Å². The first-order valence-corrected chi connectivity index (χ1v) is 10.8.